The molecule has 1 heterocycles. The standard InChI is InChI=1S/C14H19N3O4/c1-2-15-12-6-3-5-11(13(12)17(19)20)14(18)16-7-4-9-21-10-8-16/h3,5-6,15H,2,4,7-10H2,1H3. The van der Waals surface area contributed by atoms with Gasteiger partial charge in [0.15, 0.2) is 0 Å². The van der Waals surface area contributed by atoms with E-state index in [-0.39, 0.29) is 17.2 Å². The number of ether oxygens (including phenoxy) is 1. The van der Waals surface area contributed by atoms with Gasteiger partial charge >= 0.3 is 5.69 Å². The zero-order chi connectivity index (χ0) is 15.2. The number of carbonyl (C=O) groups is 1. The van der Waals surface area contributed by atoms with Crippen molar-refractivity contribution in [1.29, 1.82) is 0 Å². The Morgan fingerprint density at radius 2 is 2.24 bits per heavy atom. The van der Waals surface area contributed by atoms with Crippen LogP contribution < -0.4 is 5.32 Å². The molecule has 114 valence electrons. The summed E-state index contributed by atoms with van der Waals surface area (Å²) in [5, 5.41) is 14.3. The largest absolute Gasteiger partial charge is 0.380 e. The summed E-state index contributed by atoms with van der Waals surface area (Å²) in [4.78, 5) is 25.0. The zero-order valence-corrected chi connectivity index (χ0v) is 12.0. The van der Waals surface area contributed by atoms with Crippen LogP contribution in [0.25, 0.3) is 0 Å². The second-order valence-electron chi connectivity index (χ2n) is 4.75. The average molecular weight is 293 g/mol. The van der Waals surface area contributed by atoms with Gasteiger partial charge < -0.3 is 15.0 Å². The van der Waals surface area contributed by atoms with Crippen LogP contribution in [0.15, 0.2) is 18.2 Å². The number of nitrogens with zero attached hydrogens (tertiary/aromatic N) is 2. The van der Waals surface area contributed by atoms with Gasteiger partial charge in [0.05, 0.1) is 11.5 Å². The van der Waals surface area contributed by atoms with Crippen LogP contribution >= 0.6 is 0 Å². The van der Waals surface area contributed by atoms with Crippen LogP contribution in [0, 0.1) is 10.1 Å². The number of anilines is 1. The summed E-state index contributed by atoms with van der Waals surface area (Å²) in [5.41, 5.74) is 0.342. The van der Waals surface area contributed by atoms with Crippen molar-refractivity contribution >= 4 is 17.3 Å². The topological polar surface area (TPSA) is 84.7 Å². The predicted octanol–water partition coefficient (Wildman–Crippen LogP) is 1.89. The predicted molar refractivity (Wildman–Crippen MR) is 78.6 cm³/mol. The van der Waals surface area contributed by atoms with Gasteiger partial charge in [0.2, 0.25) is 0 Å². The maximum Gasteiger partial charge on any atom is 0.305 e. The number of rotatable bonds is 4. The Labute approximate surface area is 123 Å². The molecule has 7 heteroatoms. The first-order chi connectivity index (χ1) is 10.1. The van der Waals surface area contributed by atoms with E-state index in [1.165, 1.54) is 6.07 Å². The van der Waals surface area contributed by atoms with E-state index in [1.54, 1.807) is 17.0 Å². The fourth-order valence-corrected chi connectivity index (χ4v) is 2.37. The molecule has 1 saturated heterocycles. The van der Waals surface area contributed by atoms with Gasteiger partial charge in [0.25, 0.3) is 5.91 Å². The molecule has 1 aromatic rings. The van der Waals surface area contributed by atoms with E-state index >= 15 is 0 Å². The molecule has 0 aliphatic carbocycles. The van der Waals surface area contributed by atoms with E-state index in [4.69, 9.17) is 4.74 Å². The van der Waals surface area contributed by atoms with Crippen LogP contribution in [-0.2, 0) is 4.74 Å². The highest BCUT2D eigenvalue weighted by Crippen LogP contribution is 2.29. The number of nitro groups is 1. The molecule has 7 nitrogen and oxygen atoms in total. The first-order valence-corrected chi connectivity index (χ1v) is 7.03. The van der Waals surface area contributed by atoms with Crippen LogP contribution in [0.2, 0.25) is 0 Å². The third kappa shape index (κ3) is 3.49. The lowest BCUT2D eigenvalue weighted by Crippen LogP contribution is -2.33. The summed E-state index contributed by atoms with van der Waals surface area (Å²) in [6.07, 6.45) is 0.742. The molecule has 0 atom stereocenters. The van der Waals surface area contributed by atoms with Gasteiger partial charge in [0.1, 0.15) is 11.3 Å². The maximum atomic E-state index is 12.6. The van der Waals surface area contributed by atoms with Gasteiger partial charge in [-0.3, -0.25) is 14.9 Å². The van der Waals surface area contributed by atoms with Crippen LogP contribution in [-0.4, -0.2) is 48.6 Å². The molecule has 1 N–H and O–H groups in total. The lowest BCUT2D eigenvalue weighted by Gasteiger charge is -2.20. The number of carbonyl (C=O) groups excluding carboxylic acids is 1. The van der Waals surface area contributed by atoms with Crippen molar-refractivity contribution in [2.24, 2.45) is 0 Å². The summed E-state index contributed by atoms with van der Waals surface area (Å²) in [6.45, 7) is 4.50. The first-order valence-electron chi connectivity index (χ1n) is 7.03. The van der Waals surface area contributed by atoms with Crippen molar-refractivity contribution < 1.29 is 14.5 Å². The quantitative estimate of drug-likeness (QED) is 0.677. The van der Waals surface area contributed by atoms with E-state index in [0.29, 0.717) is 38.5 Å². The van der Waals surface area contributed by atoms with Gasteiger partial charge in [-0.25, -0.2) is 0 Å². The smallest absolute Gasteiger partial charge is 0.305 e. The molecule has 1 fully saturated rings. The van der Waals surface area contributed by atoms with Crippen molar-refractivity contribution in [1.82, 2.24) is 4.90 Å². The Kier molecular flexibility index (Phi) is 5.10. The number of hydrogen-bond donors (Lipinski definition) is 1. The average Bonchev–Trinajstić information content (AvgIpc) is 2.75. The first kappa shape index (κ1) is 15.2. The normalized spacial score (nSPS) is 15.4. The van der Waals surface area contributed by atoms with Crippen molar-refractivity contribution in [3.05, 3.63) is 33.9 Å². The second-order valence-corrected chi connectivity index (χ2v) is 4.75. The molecule has 0 spiro atoms. The van der Waals surface area contributed by atoms with E-state index < -0.39 is 4.92 Å². The summed E-state index contributed by atoms with van der Waals surface area (Å²) >= 11 is 0. The van der Waals surface area contributed by atoms with Gasteiger partial charge in [0, 0.05) is 26.2 Å². The van der Waals surface area contributed by atoms with Crippen molar-refractivity contribution in [3.8, 4) is 0 Å². The molecular weight excluding hydrogens is 274 g/mol. The zero-order valence-electron chi connectivity index (χ0n) is 12.0. The molecule has 1 aliphatic heterocycles. The Balaban J connectivity index is 2.35. The Morgan fingerprint density at radius 3 is 2.95 bits per heavy atom. The van der Waals surface area contributed by atoms with Crippen molar-refractivity contribution in [2.45, 2.75) is 13.3 Å². The third-order valence-corrected chi connectivity index (χ3v) is 3.33. The van der Waals surface area contributed by atoms with Crippen LogP contribution in [0.4, 0.5) is 11.4 Å². The van der Waals surface area contributed by atoms with Crippen LogP contribution in [0.5, 0.6) is 0 Å². The Morgan fingerprint density at radius 1 is 1.43 bits per heavy atom. The number of para-hydroxylation sites is 1. The van der Waals surface area contributed by atoms with Gasteiger partial charge in [-0.2, -0.15) is 0 Å². The molecule has 1 aliphatic rings. The lowest BCUT2D eigenvalue weighted by molar-refractivity contribution is -0.384. The monoisotopic (exact) mass is 293 g/mol. The maximum absolute atomic E-state index is 12.6. The molecule has 1 aromatic carbocycles. The second kappa shape index (κ2) is 7.03. The molecule has 0 unspecified atom stereocenters. The fraction of sp³-hybridized carbons (Fsp3) is 0.500. The van der Waals surface area contributed by atoms with Gasteiger partial charge in [-0.1, -0.05) is 6.07 Å². The van der Waals surface area contributed by atoms with Crippen molar-refractivity contribution in [3.63, 3.8) is 0 Å². The van der Waals surface area contributed by atoms with Gasteiger partial charge in [-0.05, 0) is 25.5 Å². The van der Waals surface area contributed by atoms with Crippen LogP contribution in [0.3, 0.4) is 0 Å². The highest BCUT2D eigenvalue weighted by molar-refractivity contribution is 6.00. The molecular formula is C14H19N3O4. The van der Waals surface area contributed by atoms with Crippen LogP contribution in [0.1, 0.15) is 23.7 Å². The number of benzene rings is 1. The fourth-order valence-electron chi connectivity index (χ4n) is 2.37. The number of amides is 1. The molecule has 1 amide bonds. The Hall–Kier alpha value is -2.15. The number of nitrogens with one attached hydrogen (secondary N) is 1. The van der Waals surface area contributed by atoms with E-state index in [9.17, 15) is 14.9 Å². The molecule has 0 bridgehead atoms. The van der Waals surface area contributed by atoms with E-state index in [1.807, 2.05) is 6.92 Å². The van der Waals surface area contributed by atoms with E-state index in [0.717, 1.165) is 6.42 Å². The SMILES string of the molecule is CCNc1cccc(C(=O)N2CCCOCC2)c1[N+](=O)[O-]. The molecule has 0 radical (unpaired) electrons. The minimum absolute atomic E-state index is 0.125. The Bertz CT molecular complexity index is 525. The summed E-state index contributed by atoms with van der Waals surface area (Å²) in [6, 6.07) is 4.78. The summed E-state index contributed by atoms with van der Waals surface area (Å²) in [5.74, 6) is -0.313. The molecule has 21 heavy (non-hydrogen) atoms. The summed E-state index contributed by atoms with van der Waals surface area (Å²) in [7, 11) is 0. The summed E-state index contributed by atoms with van der Waals surface area (Å²) < 4.78 is 5.31. The minimum Gasteiger partial charge on any atom is -0.380 e. The molecule has 0 saturated carbocycles. The van der Waals surface area contributed by atoms with E-state index in [2.05, 4.69) is 5.32 Å². The third-order valence-electron chi connectivity index (χ3n) is 3.33. The number of nitro benzene ring substituents is 1. The highest BCUT2D eigenvalue weighted by atomic mass is 16.6. The minimum atomic E-state index is -0.500. The lowest BCUT2D eigenvalue weighted by atomic mass is 10.1. The van der Waals surface area contributed by atoms with Gasteiger partial charge in [-0.15, -0.1) is 0 Å². The van der Waals surface area contributed by atoms with Crippen molar-refractivity contribution in [2.75, 3.05) is 38.2 Å². The molecule has 2 rings (SSSR count). The highest BCUT2D eigenvalue weighted by Gasteiger charge is 2.28. The number of hydrogen-bond acceptors (Lipinski definition) is 5. The molecule has 0 aromatic heterocycles.